The molecule has 1 atom stereocenters. The SMILES string of the molecule is CC\C=C/C=C\C=C/C=C\C=C\C=C/C=C\CCCCCC(=O)OCC(COC(=O)CCCCCCCCC/C=C\C/C=C\CCCCC)OC(=O)CCCCCCC\C=C/C=C\C=C/C=C\CCCCC. The lowest BCUT2D eigenvalue weighted by molar-refractivity contribution is -0.167. The van der Waals surface area contributed by atoms with Gasteiger partial charge in [0.2, 0.25) is 0 Å². The zero-order valence-corrected chi connectivity index (χ0v) is 45.9. The maximum atomic E-state index is 12.9. The first-order valence-electron chi connectivity index (χ1n) is 28.6. The van der Waals surface area contributed by atoms with Crippen LogP contribution in [0.1, 0.15) is 220 Å². The molecule has 0 spiro atoms. The largest absolute Gasteiger partial charge is 0.462 e. The Bertz CT molecular complexity index is 1660. The van der Waals surface area contributed by atoms with E-state index in [9.17, 15) is 14.4 Å². The van der Waals surface area contributed by atoms with Crippen LogP contribution in [0.15, 0.2) is 158 Å². The van der Waals surface area contributed by atoms with E-state index in [1.807, 2.05) is 72.9 Å². The lowest BCUT2D eigenvalue weighted by Crippen LogP contribution is -2.30. The molecule has 0 aromatic rings. The third kappa shape index (κ3) is 56.0. The summed E-state index contributed by atoms with van der Waals surface area (Å²) in [5.74, 6) is -0.999. The fourth-order valence-corrected chi connectivity index (χ4v) is 7.23. The molecule has 0 aliphatic heterocycles. The molecule has 0 saturated heterocycles. The fraction of sp³-hybridized carbons (Fsp3) is 0.561. The van der Waals surface area contributed by atoms with Gasteiger partial charge >= 0.3 is 17.9 Å². The highest BCUT2D eigenvalue weighted by Gasteiger charge is 2.19. The summed E-state index contributed by atoms with van der Waals surface area (Å²) < 4.78 is 16.8. The van der Waals surface area contributed by atoms with Crippen molar-refractivity contribution >= 4 is 17.9 Å². The highest BCUT2D eigenvalue weighted by Crippen LogP contribution is 2.13. The third-order valence-electron chi connectivity index (χ3n) is 11.5. The summed E-state index contributed by atoms with van der Waals surface area (Å²) in [7, 11) is 0. The average molecular weight is 992 g/mol. The van der Waals surface area contributed by atoms with E-state index in [1.165, 1.54) is 70.6 Å². The molecule has 0 saturated carbocycles. The molecule has 72 heavy (non-hydrogen) atoms. The van der Waals surface area contributed by atoms with E-state index in [2.05, 4.69) is 106 Å². The number of ether oxygens (including phenoxy) is 3. The second-order valence-electron chi connectivity index (χ2n) is 18.4. The first kappa shape index (κ1) is 67.0. The van der Waals surface area contributed by atoms with Gasteiger partial charge in [-0.15, -0.1) is 0 Å². The van der Waals surface area contributed by atoms with Gasteiger partial charge in [0, 0.05) is 19.3 Å². The highest BCUT2D eigenvalue weighted by molar-refractivity contribution is 5.71. The molecule has 0 aliphatic rings. The van der Waals surface area contributed by atoms with Gasteiger partial charge in [-0.05, 0) is 96.3 Å². The Kier molecular flexibility index (Phi) is 54.6. The summed E-state index contributed by atoms with van der Waals surface area (Å²) in [5.41, 5.74) is 0. The van der Waals surface area contributed by atoms with Crippen LogP contribution in [0.2, 0.25) is 0 Å². The number of unbranched alkanes of at least 4 members (excludes halogenated alkanes) is 21. The van der Waals surface area contributed by atoms with E-state index < -0.39 is 6.10 Å². The van der Waals surface area contributed by atoms with Crippen LogP contribution in [-0.2, 0) is 28.6 Å². The Morgan fingerprint density at radius 3 is 0.972 bits per heavy atom. The van der Waals surface area contributed by atoms with Crippen LogP contribution < -0.4 is 0 Å². The summed E-state index contributed by atoms with van der Waals surface area (Å²) >= 11 is 0. The molecule has 1 unspecified atom stereocenters. The predicted octanol–water partition coefficient (Wildman–Crippen LogP) is 19.4. The quantitative estimate of drug-likeness (QED) is 0.0199. The van der Waals surface area contributed by atoms with Gasteiger partial charge in [-0.3, -0.25) is 14.4 Å². The molecule has 0 heterocycles. The number of rotatable bonds is 49. The number of hydrogen-bond acceptors (Lipinski definition) is 6. The fourth-order valence-electron chi connectivity index (χ4n) is 7.23. The van der Waals surface area contributed by atoms with Crippen molar-refractivity contribution in [3.8, 4) is 0 Å². The summed E-state index contributed by atoms with van der Waals surface area (Å²) in [4.78, 5) is 38.2. The van der Waals surface area contributed by atoms with Crippen LogP contribution in [0.5, 0.6) is 0 Å². The number of carbonyl (C=O) groups is 3. The van der Waals surface area contributed by atoms with E-state index in [-0.39, 0.29) is 37.5 Å². The molecular weight excluding hydrogens is 889 g/mol. The van der Waals surface area contributed by atoms with Crippen molar-refractivity contribution in [1.82, 2.24) is 0 Å². The molecule has 0 radical (unpaired) electrons. The van der Waals surface area contributed by atoms with Gasteiger partial charge in [0.25, 0.3) is 0 Å². The maximum absolute atomic E-state index is 12.9. The Morgan fingerprint density at radius 1 is 0.306 bits per heavy atom. The Hall–Kier alpha value is -4.97. The maximum Gasteiger partial charge on any atom is 0.306 e. The lowest BCUT2D eigenvalue weighted by Gasteiger charge is -2.18. The summed E-state index contributed by atoms with van der Waals surface area (Å²) in [5, 5.41) is 0. The van der Waals surface area contributed by atoms with Crippen LogP contribution in [0.3, 0.4) is 0 Å². The molecule has 6 nitrogen and oxygen atoms in total. The van der Waals surface area contributed by atoms with Crippen molar-refractivity contribution < 1.29 is 28.6 Å². The van der Waals surface area contributed by atoms with Crippen LogP contribution in [0, 0.1) is 0 Å². The predicted molar refractivity (Wildman–Crippen MR) is 311 cm³/mol. The Balaban J connectivity index is 4.60. The standard InChI is InChI=1S/C66H102O6/c1-4-7-10-13-16-19-22-25-28-31-33-36-38-41-44-47-50-53-56-59-65(68)71-62-63(61-70-64(67)58-55-52-49-46-43-40-37-34-30-27-24-21-18-15-12-9-6-3)72-66(69)60-57-54-51-48-45-42-39-35-32-29-26-23-20-17-14-11-8-5-2/h7,10,13,16-23,25-33,35-36,38-39,41,44,63H,4-6,8-9,11-12,14-15,24,34,37,40,42-43,45-62H2,1-3H3/b10-7-,16-13-,20-17-,21-18-,22-19-,26-23-,28-25-,30-27-,32-29-,33-31+,38-36-,39-35-,44-41-. The van der Waals surface area contributed by atoms with Crippen LogP contribution >= 0.6 is 0 Å². The van der Waals surface area contributed by atoms with Crippen molar-refractivity contribution in [3.05, 3.63) is 158 Å². The van der Waals surface area contributed by atoms with E-state index >= 15 is 0 Å². The normalized spacial score (nSPS) is 13.3. The van der Waals surface area contributed by atoms with E-state index in [4.69, 9.17) is 14.2 Å². The molecule has 0 amide bonds. The molecule has 0 aromatic carbocycles. The topological polar surface area (TPSA) is 78.9 Å². The number of esters is 3. The van der Waals surface area contributed by atoms with E-state index in [0.29, 0.717) is 19.3 Å². The van der Waals surface area contributed by atoms with Crippen LogP contribution in [-0.4, -0.2) is 37.2 Å². The van der Waals surface area contributed by atoms with Crippen LogP contribution in [0.25, 0.3) is 0 Å². The molecular formula is C66H102O6. The van der Waals surface area contributed by atoms with Crippen molar-refractivity contribution in [2.45, 2.75) is 226 Å². The van der Waals surface area contributed by atoms with Gasteiger partial charge in [0.05, 0.1) is 0 Å². The number of hydrogen-bond donors (Lipinski definition) is 0. The Morgan fingerprint density at radius 2 is 0.597 bits per heavy atom. The minimum atomic E-state index is -0.822. The molecule has 0 aromatic heterocycles. The smallest absolute Gasteiger partial charge is 0.306 e. The number of allylic oxidation sites excluding steroid dienone is 26. The zero-order valence-electron chi connectivity index (χ0n) is 45.9. The lowest BCUT2D eigenvalue weighted by atomic mass is 10.1. The molecule has 0 fully saturated rings. The molecule has 6 heteroatoms. The molecule has 402 valence electrons. The first-order valence-corrected chi connectivity index (χ1v) is 28.6. The first-order chi connectivity index (χ1) is 35.5. The highest BCUT2D eigenvalue weighted by atomic mass is 16.6. The van der Waals surface area contributed by atoms with Crippen molar-refractivity contribution in [1.29, 1.82) is 0 Å². The average Bonchev–Trinajstić information content (AvgIpc) is 3.38. The van der Waals surface area contributed by atoms with Gasteiger partial charge in [-0.1, -0.05) is 262 Å². The van der Waals surface area contributed by atoms with Gasteiger partial charge in [0.15, 0.2) is 6.10 Å². The Labute approximate surface area is 441 Å². The summed E-state index contributed by atoms with van der Waals surface area (Å²) in [6.45, 7) is 6.35. The van der Waals surface area contributed by atoms with Crippen molar-refractivity contribution in [2.75, 3.05) is 13.2 Å². The summed E-state index contributed by atoms with van der Waals surface area (Å²) in [6.07, 6.45) is 85.0. The second kappa shape index (κ2) is 58.6. The summed E-state index contributed by atoms with van der Waals surface area (Å²) in [6, 6.07) is 0. The van der Waals surface area contributed by atoms with Crippen molar-refractivity contribution in [3.63, 3.8) is 0 Å². The minimum Gasteiger partial charge on any atom is -0.462 e. The molecule has 0 bridgehead atoms. The van der Waals surface area contributed by atoms with Gasteiger partial charge in [-0.2, -0.15) is 0 Å². The van der Waals surface area contributed by atoms with Gasteiger partial charge in [-0.25, -0.2) is 0 Å². The van der Waals surface area contributed by atoms with Gasteiger partial charge in [0.1, 0.15) is 13.2 Å². The molecule has 0 rings (SSSR count). The molecule has 0 N–H and O–H groups in total. The van der Waals surface area contributed by atoms with E-state index in [1.54, 1.807) is 0 Å². The van der Waals surface area contributed by atoms with E-state index in [0.717, 1.165) is 103 Å². The minimum absolute atomic E-state index is 0.115. The zero-order chi connectivity index (χ0) is 52.2. The monoisotopic (exact) mass is 991 g/mol. The third-order valence-corrected chi connectivity index (χ3v) is 11.5. The van der Waals surface area contributed by atoms with Crippen molar-refractivity contribution in [2.24, 2.45) is 0 Å². The van der Waals surface area contributed by atoms with Crippen LogP contribution in [0.4, 0.5) is 0 Å². The number of carbonyl (C=O) groups excluding carboxylic acids is 3. The molecule has 0 aliphatic carbocycles. The van der Waals surface area contributed by atoms with Gasteiger partial charge < -0.3 is 14.2 Å². The second-order valence-corrected chi connectivity index (χ2v) is 18.4.